The molecule has 0 aliphatic rings. The van der Waals surface area contributed by atoms with Gasteiger partial charge in [-0.3, -0.25) is 10.1 Å². The predicted molar refractivity (Wildman–Crippen MR) is 53.2 cm³/mol. The molecule has 0 aliphatic carbocycles. The summed E-state index contributed by atoms with van der Waals surface area (Å²) >= 11 is 0. The number of hydrogen-bond acceptors (Lipinski definition) is 5. The molecule has 0 saturated heterocycles. The van der Waals surface area contributed by atoms with Crippen LogP contribution < -0.4 is 11.1 Å². The molecule has 1 aromatic rings. The van der Waals surface area contributed by atoms with Crippen LogP contribution in [-0.4, -0.2) is 23.0 Å². The van der Waals surface area contributed by atoms with Gasteiger partial charge in [0.15, 0.2) is 0 Å². The van der Waals surface area contributed by atoms with E-state index in [0.29, 0.717) is 18.7 Å². The quantitative estimate of drug-likeness (QED) is 0.545. The average molecular weight is 196 g/mol. The lowest BCUT2D eigenvalue weighted by Gasteiger charge is -2.05. The first-order valence-corrected chi connectivity index (χ1v) is 4.20. The minimum Gasteiger partial charge on any atom is -0.363 e. The average Bonchev–Trinajstić information content (AvgIpc) is 2.14. The molecule has 0 amide bonds. The smallest absolute Gasteiger partial charge is 0.314 e. The van der Waals surface area contributed by atoms with Crippen LogP contribution >= 0.6 is 0 Å². The van der Waals surface area contributed by atoms with Crippen molar-refractivity contribution in [2.45, 2.75) is 6.92 Å². The van der Waals surface area contributed by atoms with E-state index in [2.05, 4.69) is 10.3 Å². The Morgan fingerprint density at radius 3 is 3.00 bits per heavy atom. The van der Waals surface area contributed by atoms with Crippen molar-refractivity contribution >= 4 is 11.5 Å². The Hall–Kier alpha value is -1.69. The Bertz CT molecular complexity index is 340. The van der Waals surface area contributed by atoms with E-state index in [0.717, 1.165) is 0 Å². The molecule has 0 unspecified atom stereocenters. The van der Waals surface area contributed by atoms with E-state index in [1.54, 1.807) is 13.0 Å². The molecule has 0 radical (unpaired) electrons. The van der Waals surface area contributed by atoms with E-state index in [1.807, 2.05) is 0 Å². The number of nitrogens with zero attached hydrogens (tertiary/aromatic N) is 2. The van der Waals surface area contributed by atoms with E-state index in [9.17, 15) is 10.1 Å². The van der Waals surface area contributed by atoms with Crippen molar-refractivity contribution in [1.82, 2.24) is 4.98 Å². The van der Waals surface area contributed by atoms with Gasteiger partial charge in [0, 0.05) is 24.8 Å². The van der Waals surface area contributed by atoms with Crippen molar-refractivity contribution in [1.29, 1.82) is 0 Å². The number of anilines is 1. The number of aryl methyl sites for hydroxylation is 1. The first-order chi connectivity index (χ1) is 6.66. The highest BCUT2D eigenvalue weighted by atomic mass is 16.6. The van der Waals surface area contributed by atoms with Gasteiger partial charge in [0.2, 0.25) is 5.82 Å². The zero-order chi connectivity index (χ0) is 10.6. The summed E-state index contributed by atoms with van der Waals surface area (Å²) in [6.07, 6.45) is 1.53. The molecule has 1 heterocycles. The Labute approximate surface area is 81.3 Å². The lowest BCUT2D eigenvalue weighted by molar-refractivity contribution is -0.384. The minimum atomic E-state index is -0.443. The zero-order valence-electron chi connectivity index (χ0n) is 7.86. The third kappa shape index (κ3) is 2.17. The summed E-state index contributed by atoms with van der Waals surface area (Å²) in [6.45, 7) is 2.55. The normalized spacial score (nSPS) is 9.86. The van der Waals surface area contributed by atoms with Gasteiger partial charge < -0.3 is 11.1 Å². The minimum absolute atomic E-state index is 0.0148. The fourth-order valence-electron chi connectivity index (χ4n) is 1.10. The summed E-state index contributed by atoms with van der Waals surface area (Å²) in [5.41, 5.74) is 5.88. The largest absolute Gasteiger partial charge is 0.363 e. The lowest BCUT2D eigenvalue weighted by atomic mass is 10.2. The number of hydrogen-bond donors (Lipinski definition) is 2. The van der Waals surface area contributed by atoms with Crippen LogP contribution in [0, 0.1) is 17.0 Å². The lowest BCUT2D eigenvalue weighted by Crippen LogP contribution is -2.15. The highest BCUT2D eigenvalue weighted by Gasteiger charge is 2.17. The summed E-state index contributed by atoms with van der Waals surface area (Å²) in [5, 5.41) is 13.5. The molecule has 1 rings (SSSR count). The van der Waals surface area contributed by atoms with Gasteiger partial charge in [0.1, 0.15) is 0 Å². The number of nitrogens with one attached hydrogen (secondary N) is 1. The van der Waals surface area contributed by atoms with Gasteiger partial charge in [-0.15, -0.1) is 0 Å². The van der Waals surface area contributed by atoms with E-state index >= 15 is 0 Å². The van der Waals surface area contributed by atoms with Crippen LogP contribution in [0.3, 0.4) is 0 Å². The molecule has 0 aromatic carbocycles. The molecule has 0 fully saturated rings. The van der Waals surface area contributed by atoms with E-state index < -0.39 is 4.92 Å². The van der Waals surface area contributed by atoms with Crippen LogP contribution in [0.4, 0.5) is 11.5 Å². The molecule has 0 atom stereocenters. The Morgan fingerprint density at radius 2 is 2.43 bits per heavy atom. The van der Waals surface area contributed by atoms with Gasteiger partial charge in [0.05, 0.1) is 4.92 Å². The van der Waals surface area contributed by atoms with Gasteiger partial charge in [-0.25, -0.2) is 4.98 Å². The summed E-state index contributed by atoms with van der Waals surface area (Å²) in [4.78, 5) is 14.1. The van der Waals surface area contributed by atoms with Crippen LogP contribution in [0.5, 0.6) is 0 Å². The maximum Gasteiger partial charge on any atom is 0.314 e. The number of pyridine rings is 1. The van der Waals surface area contributed by atoms with E-state index in [-0.39, 0.29) is 11.5 Å². The van der Waals surface area contributed by atoms with Gasteiger partial charge in [0.25, 0.3) is 0 Å². The number of aromatic nitrogens is 1. The standard InChI is InChI=1S/C8H12N4O2/c1-6-2-4-10-8(11-5-3-9)7(6)12(13)14/h2,4H,3,5,9H2,1H3,(H,10,11). The molecule has 6 heteroatoms. The topological polar surface area (TPSA) is 94.1 Å². The van der Waals surface area contributed by atoms with Gasteiger partial charge in [-0.05, 0) is 13.0 Å². The monoisotopic (exact) mass is 196 g/mol. The Morgan fingerprint density at radius 1 is 1.71 bits per heavy atom. The van der Waals surface area contributed by atoms with Crippen molar-refractivity contribution in [3.63, 3.8) is 0 Å². The highest BCUT2D eigenvalue weighted by Crippen LogP contribution is 2.24. The maximum absolute atomic E-state index is 10.7. The fourth-order valence-corrected chi connectivity index (χ4v) is 1.10. The molecule has 0 aliphatic heterocycles. The summed E-state index contributed by atoms with van der Waals surface area (Å²) in [5.74, 6) is 0.278. The van der Waals surface area contributed by atoms with Crippen LogP contribution in [-0.2, 0) is 0 Å². The molecule has 0 saturated carbocycles. The van der Waals surface area contributed by atoms with Crippen molar-refractivity contribution in [2.75, 3.05) is 18.4 Å². The van der Waals surface area contributed by atoms with Crippen molar-refractivity contribution in [3.8, 4) is 0 Å². The van der Waals surface area contributed by atoms with Crippen LogP contribution in [0.15, 0.2) is 12.3 Å². The van der Waals surface area contributed by atoms with Gasteiger partial charge in [-0.2, -0.15) is 0 Å². The van der Waals surface area contributed by atoms with Crippen LogP contribution in [0.2, 0.25) is 0 Å². The first-order valence-electron chi connectivity index (χ1n) is 4.20. The maximum atomic E-state index is 10.7. The molecule has 14 heavy (non-hydrogen) atoms. The SMILES string of the molecule is Cc1ccnc(NCCN)c1[N+](=O)[O-]. The second-order valence-corrected chi connectivity index (χ2v) is 2.80. The molecule has 0 bridgehead atoms. The second kappa shape index (κ2) is 4.52. The molecule has 3 N–H and O–H groups in total. The predicted octanol–water partition coefficient (Wildman–Crippen LogP) is 0.669. The molecule has 1 aromatic heterocycles. The zero-order valence-corrected chi connectivity index (χ0v) is 7.86. The molecule has 0 spiro atoms. The number of nitro groups is 1. The number of rotatable bonds is 4. The molecular weight excluding hydrogens is 184 g/mol. The summed E-state index contributed by atoms with van der Waals surface area (Å²) in [7, 11) is 0. The Kier molecular flexibility index (Phi) is 3.35. The van der Waals surface area contributed by atoms with Crippen molar-refractivity contribution in [3.05, 3.63) is 27.9 Å². The summed E-state index contributed by atoms with van der Waals surface area (Å²) in [6, 6.07) is 1.60. The van der Waals surface area contributed by atoms with Crippen molar-refractivity contribution < 1.29 is 4.92 Å². The molecular formula is C8H12N4O2. The fraction of sp³-hybridized carbons (Fsp3) is 0.375. The number of nitrogens with two attached hydrogens (primary N) is 1. The van der Waals surface area contributed by atoms with Crippen molar-refractivity contribution in [2.24, 2.45) is 5.73 Å². The summed E-state index contributed by atoms with van der Waals surface area (Å²) < 4.78 is 0. The third-order valence-electron chi connectivity index (χ3n) is 1.75. The highest BCUT2D eigenvalue weighted by molar-refractivity contribution is 5.59. The van der Waals surface area contributed by atoms with Crippen LogP contribution in [0.25, 0.3) is 0 Å². The van der Waals surface area contributed by atoms with E-state index in [4.69, 9.17) is 5.73 Å². The van der Waals surface area contributed by atoms with E-state index in [1.165, 1.54) is 6.20 Å². The van der Waals surface area contributed by atoms with Crippen LogP contribution in [0.1, 0.15) is 5.56 Å². The van der Waals surface area contributed by atoms with Gasteiger partial charge >= 0.3 is 5.69 Å². The molecule has 76 valence electrons. The third-order valence-corrected chi connectivity index (χ3v) is 1.75. The Balaban J connectivity index is 3.02. The first kappa shape index (κ1) is 10.4. The molecule has 6 nitrogen and oxygen atoms in total. The second-order valence-electron chi connectivity index (χ2n) is 2.80. The van der Waals surface area contributed by atoms with Gasteiger partial charge in [-0.1, -0.05) is 0 Å².